The average molecular weight is 464 g/mol. The summed E-state index contributed by atoms with van der Waals surface area (Å²) in [4.78, 5) is 29.6. The molecule has 0 saturated heterocycles. The normalized spacial score (nSPS) is 10.5. The number of rotatable bonds is 7. The van der Waals surface area contributed by atoms with Gasteiger partial charge in [-0.25, -0.2) is 4.98 Å². The van der Waals surface area contributed by atoms with Crippen molar-refractivity contribution in [3.63, 3.8) is 0 Å². The number of amides is 2. The Kier molecular flexibility index (Phi) is 6.41. The smallest absolute Gasteiger partial charge is 0.291 e. The largest absolute Gasteiger partial charge is 0.493 e. The Morgan fingerprint density at radius 2 is 1.85 bits per heavy atom. The molecule has 4 rings (SSSR count). The van der Waals surface area contributed by atoms with Gasteiger partial charge in [0.15, 0.2) is 17.3 Å². The highest BCUT2D eigenvalue weighted by Gasteiger charge is 2.17. The molecule has 168 valence electrons. The van der Waals surface area contributed by atoms with Gasteiger partial charge in [-0.15, -0.1) is 11.3 Å². The third-order valence-electron chi connectivity index (χ3n) is 4.63. The molecular weight excluding hydrogens is 442 g/mol. The number of anilines is 2. The highest BCUT2D eigenvalue weighted by molar-refractivity contribution is 7.18. The van der Waals surface area contributed by atoms with Crippen LogP contribution in [-0.2, 0) is 0 Å². The molecule has 2 amide bonds. The Morgan fingerprint density at radius 1 is 1.00 bits per heavy atom. The van der Waals surface area contributed by atoms with Gasteiger partial charge in [0.25, 0.3) is 11.8 Å². The number of nitrogens with one attached hydrogen (secondary N) is 2. The summed E-state index contributed by atoms with van der Waals surface area (Å²) in [5, 5.41) is 6.10. The fraction of sp³-hybridized carbons (Fsp3) is 0.125. The summed E-state index contributed by atoms with van der Waals surface area (Å²) in [6.45, 7) is 3.77. The lowest BCUT2D eigenvalue weighted by molar-refractivity contribution is 0.0995. The SMILES string of the molecule is COc1cc(C)ccc1Oc1ccc(NC(=O)c2sc(NC(=O)c3ccco3)cc2C)cn1. The van der Waals surface area contributed by atoms with Crippen molar-refractivity contribution >= 4 is 33.8 Å². The van der Waals surface area contributed by atoms with Crippen molar-refractivity contribution in [2.45, 2.75) is 13.8 Å². The van der Waals surface area contributed by atoms with Gasteiger partial charge in [-0.1, -0.05) is 6.07 Å². The Morgan fingerprint density at radius 3 is 2.55 bits per heavy atom. The number of ether oxygens (including phenoxy) is 2. The summed E-state index contributed by atoms with van der Waals surface area (Å²) in [7, 11) is 1.58. The van der Waals surface area contributed by atoms with Crippen LogP contribution < -0.4 is 20.1 Å². The third-order valence-corrected chi connectivity index (χ3v) is 5.78. The van der Waals surface area contributed by atoms with E-state index in [1.807, 2.05) is 25.1 Å². The van der Waals surface area contributed by atoms with Crippen LogP contribution in [0.1, 0.15) is 31.4 Å². The molecule has 3 heterocycles. The minimum absolute atomic E-state index is 0.198. The first-order valence-corrected chi connectivity index (χ1v) is 10.8. The van der Waals surface area contributed by atoms with Crippen molar-refractivity contribution < 1.29 is 23.5 Å². The Labute approximate surface area is 194 Å². The van der Waals surface area contributed by atoms with Gasteiger partial charge in [-0.3, -0.25) is 9.59 Å². The van der Waals surface area contributed by atoms with Crippen LogP contribution in [0.2, 0.25) is 0 Å². The second-order valence-corrected chi connectivity index (χ2v) is 8.20. The predicted octanol–water partition coefficient (Wildman–Crippen LogP) is 5.66. The predicted molar refractivity (Wildman–Crippen MR) is 126 cm³/mol. The molecular formula is C24H21N3O5S. The van der Waals surface area contributed by atoms with Gasteiger partial charge in [0.1, 0.15) is 0 Å². The van der Waals surface area contributed by atoms with Gasteiger partial charge < -0.3 is 24.5 Å². The lowest BCUT2D eigenvalue weighted by Gasteiger charge is -2.11. The lowest BCUT2D eigenvalue weighted by atomic mass is 10.2. The van der Waals surface area contributed by atoms with Crippen molar-refractivity contribution in [1.29, 1.82) is 0 Å². The molecule has 3 aromatic heterocycles. The minimum atomic E-state index is -0.377. The van der Waals surface area contributed by atoms with Crippen LogP contribution in [0, 0.1) is 13.8 Å². The van der Waals surface area contributed by atoms with Crippen molar-refractivity contribution in [2.75, 3.05) is 17.7 Å². The number of nitrogens with zero attached hydrogens (tertiary/aromatic N) is 1. The van der Waals surface area contributed by atoms with Crippen molar-refractivity contribution in [3.8, 4) is 17.4 Å². The fourth-order valence-corrected chi connectivity index (χ4v) is 3.99. The van der Waals surface area contributed by atoms with Crippen molar-refractivity contribution in [1.82, 2.24) is 4.98 Å². The van der Waals surface area contributed by atoms with Crippen LogP contribution >= 0.6 is 11.3 Å². The van der Waals surface area contributed by atoms with E-state index in [0.29, 0.717) is 32.9 Å². The summed E-state index contributed by atoms with van der Waals surface area (Å²) in [6, 6.07) is 13.9. The van der Waals surface area contributed by atoms with E-state index in [4.69, 9.17) is 13.9 Å². The number of thiophene rings is 1. The molecule has 33 heavy (non-hydrogen) atoms. The fourth-order valence-electron chi connectivity index (χ4n) is 3.02. The molecule has 0 aliphatic rings. The first-order chi connectivity index (χ1) is 15.9. The second-order valence-electron chi connectivity index (χ2n) is 7.15. The molecule has 0 bridgehead atoms. The van der Waals surface area contributed by atoms with Gasteiger partial charge in [-0.2, -0.15) is 0 Å². The van der Waals surface area contributed by atoms with Crippen molar-refractivity contribution in [3.05, 3.63) is 82.8 Å². The topological polar surface area (TPSA) is 103 Å². The standard InChI is InChI=1S/C24H21N3O5S/c1-14-6-8-17(19(11-14)30-3)32-20-9-7-16(13-25-20)26-24(29)22-15(2)12-21(33-22)27-23(28)18-5-4-10-31-18/h4-13H,1-3H3,(H,26,29)(H,27,28). The van der Waals surface area contributed by atoms with Crippen LogP contribution in [0.15, 0.2) is 65.4 Å². The molecule has 1 aromatic carbocycles. The first-order valence-electron chi connectivity index (χ1n) is 9.98. The van der Waals surface area contributed by atoms with Gasteiger partial charge in [0.2, 0.25) is 5.88 Å². The average Bonchev–Trinajstić information content (AvgIpc) is 3.46. The molecule has 0 spiro atoms. The van der Waals surface area contributed by atoms with E-state index in [1.54, 1.807) is 44.4 Å². The zero-order valence-corrected chi connectivity index (χ0v) is 19.0. The van der Waals surface area contributed by atoms with Gasteiger partial charge >= 0.3 is 0 Å². The molecule has 0 fully saturated rings. The number of carbonyl (C=O) groups is 2. The number of methoxy groups -OCH3 is 1. The van der Waals surface area contributed by atoms with Gasteiger partial charge in [-0.05, 0) is 61.4 Å². The molecule has 0 radical (unpaired) electrons. The minimum Gasteiger partial charge on any atom is -0.493 e. The third kappa shape index (κ3) is 5.21. The van der Waals surface area contributed by atoms with Gasteiger partial charge in [0, 0.05) is 6.07 Å². The van der Waals surface area contributed by atoms with E-state index in [2.05, 4.69) is 15.6 Å². The number of pyridine rings is 1. The number of furan rings is 1. The van der Waals surface area contributed by atoms with Crippen LogP contribution in [0.3, 0.4) is 0 Å². The van der Waals surface area contributed by atoms with E-state index in [9.17, 15) is 9.59 Å². The molecule has 2 N–H and O–H groups in total. The Bertz CT molecular complexity index is 1280. The number of carbonyl (C=O) groups excluding carboxylic acids is 2. The summed E-state index contributed by atoms with van der Waals surface area (Å²) < 4.78 is 16.2. The Hall–Kier alpha value is -4.11. The summed E-state index contributed by atoms with van der Waals surface area (Å²) >= 11 is 1.18. The van der Waals surface area contributed by atoms with Crippen LogP contribution in [0.4, 0.5) is 10.7 Å². The number of hydrogen-bond acceptors (Lipinski definition) is 7. The molecule has 0 saturated carbocycles. The number of aromatic nitrogens is 1. The van der Waals surface area contributed by atoms with Crippen LogP contribution in [0.5, 0.6) is 17.4 Å². The summed E-state index contributed by atoms with van der Waals surface area (Å²) in [6.07, 6.45) is 2.94. The lowest BCUT2D eigenvalue weighted by Crippen LogP contribution is -2.11. The second kappa shape index (κ2) is 9.58. The van der Waals surface area contributed by atoms with E-state index < -0.39 is 0 Å². The summed E-state index contributed by atoms with van der Waals surface area (Å²) in [5.41, 5.74) is 2.31. The molecule has 0 atom stereocenters. The quantitative estimate of drug-likeness (QED) is 0.367. The highest BCUT2D eigenvalue weighted by atomic mass is 32.1. The first kappa shape index (κ1) is 22.1. The van der Waals surface area contributed by atoms with E-state index >= 15 is 0 Å². The number of aryl methyl sites for hydroxylation is 2. The molecule has 4 aromatic rings. The maximum absolute atomic E-state index is 12.7. The monoisotopic (exact) mass is 463 g/mol. The van der Waals surface area contributed by atoms with Crippen LogP contribution in [0.25, 0.3) is 0 Å². The summed E-state index contributed by atoms with van der Waals surface area (Å²) in [5.74, 6) is 1.04. The number of benzene rings is 1. The van der Waals surface area contributed by atoms with E-state index in [0.717, 1.165) is 11.1 Å². The van der Waals surface area contributed by atoms with Gasteiger partial charge in [0.05, 0.1) is 35.1 Å². The maximum Gasteiger partial charge on any atom is 0.291 e. The van der Waals surface area contributed by atoms with Crippen LogP contribution in [-0.4, -0.2) is 23.9 Å². The molecule has 0 aliphatic carbocycles. The molecule has 0 unspecified atom stereocenters. The van der Waals surface area contributed by atoms with E-state index in [-0.39, 0.29) is 17.6 Å². The zero-order valence-electron chi connectivity index (χ0n) is 18.2. The number of hydrogen-bond donors (Lipinski definition) is 2. The van der Waals surface area contributed by atoms with Crippen molar-refractivity contribution in [2.24, 2.45) is 0 Å². The zero-order chi connectivity index (χ0) is 23.4. The molecule has 9 heteroatoms. The Balaban J connectivity index is 1.41. The highest BCUT2D eigenvalue weighted by Crippen LogP contribution is 2.32. The maximum atomic E-state index is 12.7. The molecule has 0 aliphatic heterocycles. The molecule has 8 nitrogen and oxygen atoms in total. The van der Waals surface area contributed by atoms with E-state index in [1.165, 1.54) is 23.8 Å².